The zero-order chi connectivity index (χ0) is 25.6. The van der Waals surface area contributed by atoms with Crippen molar-refractivity contribution in [2.45, 2.75) is 45.4 Å². The van der Waals surface area contributed by atoms with E-state index in [2.05, 4.69) is 51.2 Å². The highest BCUT2D eigenvalue weighted by atomic mass is 35.5. The van der Waals surface area contributed by atoms with Gasteiger partial charge in [-0.2, -0.15) is 5.10 Å². The minimum Gasteiger partial charge on any atom is -0.483 e. The van der Waals surface area contributed by atoms with Crippen LogP contribution < -0.4 is 15.0 Å². The van der Waals surface area contributed by atoms with Crippen LogP contribution in [0.4, 0.5) is 10.2 Å². The van der Waals surface area contributed by atoms with Crippen LogP contribution in [0.25, 0.3) is 22.2 Å². The number of hydrogen-bond donors (Lipinski definition) is 2. The van der Waals surface area contributed by atoms with E-state index >= 15 is 0 Å². The van der Waals surface area contributed by atoms with Gasteiger partial charge in [-0.05, 0) is 32.0 Å². The molecule has 7 nitrogen and oxygen atoms in total. The van der Waals surface area contributed by atoms with Crippen LogP contribution in [0.5, 0.6) is 5.75 Å². The number of H-pyrrole nitrogens is 1. The first kappa shape index (κ1) is 24.7. The monoisotopic (exact) mass is 528 g/mol. The third kappa shape index (κ3) is 4.73. The van der Waals surface area contributed by atoms with Gasteiger partial charge in [0.2, 0.25) is 0 Å². The Hall–Kier alpha value is -2.94. The van der Waals surface area contributed by atoms with E-state index in [1.807, 2.05) is 12.1 Å². The number of aromatic nitrogens is 4. The summed E-state index contributed by atoms with van der Waals surface area (Å²) in [5, 5.41) is 12.4. The van der Waals surface area contributed by atoms with Crippen LogP contribution in [0, 0.1) is 5.82 Å². The number of anilines is 1. The maximum Gasteiger partial charge on any atom is 0.167 e. The fraction of sp³-hybridized carbons (Fsp3) is 0.346. The lowest BCUT2D eigenvalue weighted by molar-refractivity contribution is 0.217. The van der Waals surface area contributed by atoms with Crippen LogP contribution in [0.3, 0.4) is 0 Å². The van der Waals surface area contributed by atoms with Crippen LogP contribution in [0.15, 0.2) is 42.9 Å². The quantitative estimate of drug-likeness (QED) is 0.298. The maximum atomic E-state index is 14.9. The molecule has 5 rings (SSSR count). The minimum absolute atomic E-state index is 0.0729. The average molecular weight is 529 g/mol. The molecular weight excluding hydrogens is 502 g/mol. The highest BCUT2D eigenvalue weighted by Crippen LogP contribution is 2.36. The first-order chi connectivity index (χ1) is 17.1. The Kier molecular flexibility index (Phi) is 6.53. The number of benzene rings is 1. The summed E-state index contributed by atoms with van der Waals surface area (Å²) in [5.41, 5.74) is 2.68. The number of hydrogen-bond acceptors (Lipinski definition) is 6. The molecule has 1 fully saturated rings. The molecule has 4 heterocycles. The van der Waals surface area contributed by atoms with Gasteiger partial charge in [-0.3, -0.25) is 10.1 Å². The van der Waals surface area contributed by atoms with Crippen LogP contribution in [0.2, 0.25) is 10.0 Å². The molecule has 0 aliphatic carbocycles. The Morgan fingerprint density at radius 2 is 1.83 bits per heavy atom. The van der Waals surface area contributed by atoms with E-state index in [1.54, 1.807) is 19.2 Å². The molecule has 10 heteroatoms. The second kappa shape index (κ2) is 9.50. The van der Waals surface area contributed by atoms with E-state index < -0.39 is 11.9 Å². The molecule has 0 bridgehead atoms. The summed E-state index contributed by atoms with van der Waals surface area (Å²) in [4.78, 5) is 10.9. The van der Waals surface area contributed by atoms with Gasteiger partial charge >= 0.3 is 0 Å². The van der Waals surface area contributed by atoms with Gasteiger partial charge in [-0.15, -0.1) is 0 Å². The third-order valence-corrected chi connectivity index (χ3v) is 6.88. The standard InChI is InChI=1S/C26H27Cl2FN6O/c1-14(2)32-26(4)12-35(13-26)23-6-5-16(9-31-23)25-17-7-22(20(29)8-21(17)33-34-25)36-15(3)24-18(27)10-30-11-19(24)28/h5-11,14-15,32H,12-13H2,1-4H3,(H,33,34)/t15-/m1/s1. The fourth-order valence-electron chi connectivity index (χ4n) is 4.85. The second-order valence-electron chi connectivity index (χ2n) is 9.80. The number of fused-ring (bicyclic) bond motifs is 1. The molecule has 3 aromatic heterocycles. The van der Waals surface area contributed by atoms with Crippen LogP contribution >= 0.6 is 23.2 Å². The van der Waals surface area contributed by atoms with Crippen molar-refractivity contribution in [3.05, 3.63) is 64.3 Å². The molecule has 36 heavy (non-hydrogen) atoms. The molecule has 1 saturated heterocycles. The van der Waals surface area contributed by atoms with Gasteiger partial charge in [0.05, 0.1) is 21.1 Å². The molecule has 0 amide bonds. The molecule has 1 aromatic carbocycles. The normalized spacial score (nSPS) is 15.8. The summed E-state index contributed by atoms with van der Waals surface area (Å²) in [6.45, 7) is 10.1. The molecule has 0 saturated carbocycles. The minimum atomic E-state index is -0.594. The van der Waals surface area contributed by atoms with E-state index in [1.165, 1.54) is 18.5 Å². The van der Waals surface area contributed by atoms with E-state index in [9.17, 15) is 4.39 Å². The van der Waals surface area contributed by atoms with Crippen molar-refractivity contribution in [3.63, 3.8) is 0 Å². The maximum absolute atomic E-state index is 14.9. The smallest absolute Gasteiger partial charge is 0.167 e. The lowest BCUT2D eigenvalue weighted by Gasteiger charge is -2.50. The van der Waals surface area contributed by atoms with Crippen molar-refractivity contribution in [2.75, 3.05) is 18.0 Å². The van der Waals surface area contributed by atoms with Crippen molar-refractivity contribution in [1.82, 2.24) is 25.5 Å². The molecule has 2 N–H and O–H groups in total. The average Bonchev–Trinajstić information content (AvgIpc) is 3.19. The number of nitrogens with one attached hydrogen (secondary N) is 2. The lowest BCUT2D eigenvalue weighted by Crippen LogP contribution is -2.69. The van der Waals surface area contributed by atoms with Gasteiger partial charge < -0.3 is 15.0 Å². The topological polar surface area (TPSA) is 79.0 Å². The van der Waals surface area contributed by atoms with Gasteiger partial charge in [0.15, 0.2) is 11.6 Å². The van der Waals surface area contributed by atoms with Gasteiger partial charge in [0.25, 0.3) is 0 Å². The summed E-state index contributed by atoms with van der Waals surface area (Å²) in [6.07, 6.45) is 4.16. The molecule has 4 aromatic rings. The van der Waals surface area contributed by atoms with Gasteiger partial charge in [-0.25, -0.2) is 9.37 Å². The van der Waals surface area contributed by atoms with Crippen LogP contribution in [0.1, 0.15) is 39.4 Å². The van der Waals surface area contributed by atoms with Crippen molar-refractivity contribution < 1.29 is 9.13 Å². The van der Waals surface area contributed by atoms with Gasteiger partial charge in [0.1, 0.15) is 17.6 Å². The molecular formula is C26H27Cl2FN6O. The highest BCUT2D eigenvalue weighted by molar-refractivity contribution is 6.35. The largest absolute Gasteiger partial charge is 0.483 e. The first-order valence-electron chi connectivity index (χ1n) is 11.8. The number of ether oxygens (including phenoxy) is 1. The summed E-state index contributed by atoms with van der Waals surface area (Å²) in [5.74, 6) is 0.468. The molecule has 1 aliphatic heterocycles. The van der Waals surface area contributed by atoms with Gasteiger partial charge in [-0.1, -0.05) is 37.0 Å². The molecule has 0 radical (unpaired) electrons. The molecule has 1 atom stereocenters. The number of pyridine rings is 2. The Balaban J connectivity index is 1.38. The third-order valence-electron chi connectivity index (χ3n) is 6.28. The Morgan fingerprint density at radius 3 is 2.47 bits per heavy atom. The van der Waals surface area contributed by atoms with Gasteiger partial charge in [0, 0.05) is 60.3 Å². The summed E-state index contributed by atoms with van der Waals surface area (Å²) in [6, 6.07) is 7.40. The molecule has 188 valence electrons. The Morgan fingerprint density at radius 1 is 1.11 bits per heavy atom. The van der Waals surface area contributed by atoms with E-state index in [0.29, 0.717) is 32.9 Å². The zero-order valence-electron chi connectivity index (χ0n) is 20.4. The zero-order valence-corrected chi connectivity index (χ0v) is 22.0. The first-order valence-corrected chi connectivity index (χ1v) is 12.5. The number of nitrogens with zero attached hydrogens (tertiary/aromatic N) is 4. The van der Waals surface area contributed by atoms with E-state index in [0.717, 1.165) is 29.9 Å². The van der Waals surface area contributed by atoms with Crippen molar-refractivity contribution >= 4 is 39.9 Å². The van der Waals surface area contributed by atoms with Crippen molar-refractivity contribution in [2.24, 2.45) is 0 Å². The Labute approximate surface area is 219 Å². The SMILES string of the molecule is CC(C)NC1(C)CN(c2ccc(-c3n[nH]c4cc(F)c(O[C@H](C)c5c(Cl)cncc5Cl)cc34)cn2)C1. The second-order valence-corrected chi connectivity index (χ2v) is 10.6. The van der Waals surface area contributed by atoms with Crippen molar-refractivity contribution in [3.8, 4) is 17.0 Å². The predicted octanol–water partition coefficient (Wildman–Crippen LogP) is 6.18. The summed E-state index contributed by atoms with van der Waals surface area (Å²) < 4.78 is 20.8. The van der Waals surface area contributed by atoms with E-state index in [4.69, 9.17) is 27.9 Å². The Bertz CT molecular complexity index is 1380. The van der Waals surface area contributed by atoms with Crippen LogP contribution in [-0.4, -0.2) is 44.8 Å². The fourth-order valence-corrected chi connectivity index (χ4v) is 5.52. The van der Waals surface area contributed by atoms with Crippen molar-refractivity contribution in [1.29, 1.82) is 0 Å². The van der Waals surface area contributed by atoms with Crippen LogP contribution in [-0.2, 0) is 0 Å². The highest BCUT2D eigenvalue weighted by Gasteiger charge is 2.39. The molecule has 0 unspecified atom stereocenters. The molecule has 0 spiro atoms. The summed E-state index contributed by atoms with van der Waals surface area (Å²) >= 11 is 12.5. The lowest BCUT2D eigenvalue weighted by atomic mass is 9.91. The van der Waals surface area contributed by atoms with E-state index in [-0.39, 0.29) is 11.3 Å². The predicted molar refractivity (Wildman–Crippen MR) is 141 cm³/mol. The molecule has 1 aliphatic rings. The number of halogens is 3. The summed E-state index contributed by atoms with van der Waals surface area (Å²) in [7, 11) is 0. The number of rotatable bonds is 7. The number of aromatic amines is 1.